The molecule has 4 unspecified atom stereocenters. The number of anilines is 3. The van der Waals surface area contributed by atoms with E-state index in [0.717, 1.165) is 29.1 Å². The van der Waals surface area contributed by atoms with Crippen LogP contribution >= 0.6 is 0 Å². The highest BCUT2D eigenvalue weighted by Crippen LogP contribution is 2.59. The predicted molar refractivity (Wildman–Crippen MR) is 257 cm³/mol. The van der Waals surface area contributed by atoms with E-state index in [4.69, 9.17) is 0 Å². The fourth-order valence-electron chi connectivity index (χ4n) is 12.8. The van der Waals surface area contributed by atoms with Gasteiger partial charge in [-0.05, 0) is 170 Å². The van der Waals surface area contributed by atoms with Crippen LogP contribution in [0.2, 0.25) is 0 Å². The van der Waals surface area contributed by atoms with Gasteiger partial charge in [0, 0.05) is 22.5 Å². The van der Waals surface area contributed by atoms with Gasteiger partial charge in [-0.2, -0.15) is 0 Å². The van der Waals surface area contributed by atoms with Crippen molar-refractivity contribution >= 4 is 27.8 Å². The van der Waals surface area contributed by atoms with Crippen LogP contribution in [0.5, 0.6) is 0 Å². The first-order chi connectivity index (χ1) is 29.9. The highest BCUT2D eigenvalue weighted by molar-refractivity contribution is 6.06. The molecule has 8 aromatic rings. The Labute approximate surface area is 361 Å². The summed E-state index contributed by atoms with van der Waals surface area (Å²) in [5, 5.41) is 2.54. The number of hydrogen-bond acceptors (Lipinski definition) is 1. The van der Waals surface area contributed by atoms with Crippen LogP contribution in [-0.4, -0.2) is 0 Å². The van der Waals surface area contributed by atoms with E-state index >= 15 is 0 Å². The summed E-state index contributed by atoms with van der Waals surface area (Å²) >= 11 is 0. The molecular formula is C60H53N. The molecule has 0 amide bonds. The molecule has 4 aliphatic carbocycles. The van der Waals surface area contributed by atoms with E-state index in [1.54, 1.807) is 5.56 Å². The van der Waals surface area contributed by atoms with Crippen LogP contribution in [0.25, 0.3) is 55.3 Å². The lowest BCUT2D eigenvalue weighted by Crippen LogP contribution is -2.46. The van der Waals surface area contributed by atoms with Crippen LogP contribution < -0.4 is 4.90 Å². The van der Waals surface area contributed by atoms with Gasteiger partial charge < -0.3 is 4.90 Å². The Morgan fingerprint density at radius 3 is 1.89 bits per heavy atom. The second kappa shape index (κ2) is 14.2. The van der Waals surface area contributed by atoms with Crippen LogP contribution in [-0.2, 0) is 10.8 Å². The molecule has 0 saturated heterocycles. The quantitative estimate of drug-likeness (QED) is 0.155. The molecular weight excluding hydrogens is 735 g/mol. The molecule has 12 rings (SSSR count). The average molecular weight is 788 g/mol. The fourth-order valence-corrected chi connectivity index (χ4v) is 12.8. The number of hydrogen-bond donors (Lipinski definition) is 0. The van der Waals surface area contributed by atoms with Crippen molar-refractivity contribution in [3.63, 3.8) is 0 Å². The largest absolute Gasteiger partial charge is 0.310 e. The van der Waals surface area contributed by atoms with Crippen LogP contribution in [0, 0.1) is 17.8 Å². The zero-order chi connectivity index (χ0) is 40.7. The Hall–Kier alpha value is -6.18. The summed E-state index contributed by atoms with van der Waals surface area (Å²) in [7, 11) is 0. The first kappa shape index (κ1) is 36.7. The molecule has 0 radical (unpaired) electrons. The van der Waals surface area contributed by atoms with Crippen molar-refractivity contribution < 1.29 is 0 Å². The van der Waals surface area contributed by atoms with E-state index in [-0.39, 0.29) is 5.41 Å². The van der Waals surface area contributed by atoms with Gasteiger partial charge in [-0.15, -0.1) is 0 Å². The van der Waals surface area contributed by atoms with Gasteiger partial charge >= 0.3 is 0 Å². The maximum Gasteiger partial charge on any atom is 0.0467 e. The zero-order valence-electron chi connectivity index (χ0n) is 35.4. The number of fused-ring (bicyclic) bond motifs is 6. The zero-order valence-corrected chi connectivity index (χ0v) is 35.4. The summed E-state index contributed by atoms with van der Waals surface area (Å²) in [5.41, 5.74) is 18.4. The molecule has 0 N–H and O–H groups in total. The monoisotopic (exact) mass is 787 g/mol. The van der Waals surface area contributed by atoms with Crippen molar-refractivity contribution in [2.75, 3.05) is 4.90 Å². The maximum absolute atomic E-state index is 2.50. The van der Waals surface area contributed by atoms with Crippen LogP contribution in [0.3, 0.4) is 0 Å². The third-order valence-electron chi connectivity index (χ3n) is 15.8. The van der Waals surface area contributed by atoms with E-state index in [9.17, 15) is 0 Å². The van der Waals surface area contributed by atoms with Gasteiger partial charge in [0.1, 0.15) is 0 Å². The van der Waals surface area contributed by atoms with E-state index < -0.39 is 0 Å². The lowest BCUT2D eigenvalue weighted by molar-refractivity contribution is 0.00964. The SMILES string of the molecule is CC1(C)c2ccccc2-c2ccc(N(c3ccc(-c4cccc5cccc(-c6ccccc6)c45)cc3)c3cccc(-c4ccc(C56CCC7CCC(CC7C5)C6)cc4)c3)cc21. The molecule has 3 bridgehead atoms. The molecule has 1 nitrogen and oxygen atoms in total. The van der Waals surface area contributed by atoms with Crippen molar-refractivity contribution in [3.05, 3.63) is 199 Å². The van der Waals surface area contributed by atoms with E-state index in [1.807, 2.05) is 0 Å². The molecule has 8 aromatic carbocycles. The minimum absolute atomic E-state index is 0.0956. The molecule has 1 heteroatoms. The maximum atomic E-state index is 2.50. The Balaban J connectivity index is 0.943. The second-order valence-corrected chi connectivity index (χ2v) is 19.4. The van der Waals surface area contributed by atoms with Crippen molar-refractivity contribution in [2.24, 2.45) is 17.8 Å². The van der Waals surface area contributed by atoms with Crippen LogP contribution in [0.1, 0.15) is 75.5 Å². The third-order valence-corrected chi connectivity index (χ3v) is 15.8. The van der Waals surface area contributed by atoms with Crippen molar-refractivity contribution in [2.45, 2.75) is 69.6 Å². The van der Waals surface area contributed by atoms with Gasteiger partial charge in [0.25, 0.3) is 0 Å². The van der Waals surface area contributed by atoms with Gasteiger partial charge in [0.05, 0.1) is 0 Å². The van der Waals surface area contributed by atoms with E-state index in [0.29, 0.717) is 5.41 Å². The third kappa shape index (κ3) is 6.03. The summed E-state index contributed by atoms with van der Waals surface area (Å²) in [6, 6.07) is 68.6. The summed E-state index contributed by atoms with van der Waals surface area (Å²) in [6.07, 6.45) is 10.1. The first-order valence-corrected chi connectivity index (χ1v) is 22.9. The molecule has 61 heavy (non-hydrogen) atoms. The smallest absolute Gasteiger partial charge is 0.0467 e. The minimum Gasteiger partial charge on any atom is -0.310 e. The van der Waals surface area contributed by atoms with Crippen LogP contribution in [0.15, 0.2) is 182 Å². The Bertz CT molecular complexity index is 2930. The molecule has 4 aliphatic rings. The lowest BCUT2D eigenvalue weighted by atomic mass is 9.50. The molecule has 4 atom stereocenters. The van der Waals surface area contributed by atoms with Gasteiger partial charge in [0.15, 0.2) is 0 Å². The normalized spacial score (nSPS) is 21.8. The molecule has 0 aliphatic heterocycles. The number of nitrogens with zero attached hydrogens (tertiary/aromatic N) is 1. The molecule has 0 heterocycles. The Morgan fingerprint density at radius 2 is 1.08 bits per heavy atom. The second-order valence-electron chi connectivity index (χ2n) is 19.4. The van der Waals surface area contributed by atoms with Crippen LogP contribution in [0.4, 0.5) is 17.1 Å². The standard InChI is InChI=1S/C60H53N/c1-59(2)56-20-7-6-17-54(56)55-32-31-51(37-57(55)59)61(49-29-25-44(26-30-49)53-19-10-14-45-13-9-18-52(58(45)53)43-11-4-3-5-12-43)50-16-8-15-46(36-50)41-23-27-48(28-24-41)60-34-33-42-22-21-40(38-60)35-47(42)39-60/h3-20,23-32,36-37,40,42,47H,21-22,33-35,38-39H2,1-2H3. The summed E-state index contributed by atoms with van der Waals surface area (Å²) in [6.45, 7) is 4.76. The average Bonchev–Trinajstić information content (AvgIpc) is 3.54. The van der Waals surface area contributed by atoms with Crippen molar-refractivity contribution in [1.82, 2.24) is 0 Å². The Kier molecular flexibility index (Phi) is 8.53. The predicted octanol–water partition coefficient (Wildman–Crippen LogP) is 16.5. The van der Waals surface area contributed by atoms with Gasteiger partial charge in [-0.1, -0.05) is 166 Å². The highest BCUT2D eigenvalue weighted by atomic mass is 15.1. The summed E-state index contributed by atoms with van der Waals surface area (Å²) in [5.74, 6) is 2.88. The number of rotatable bonds is 7. The van der Waals surface area contributed by atoms with Gasteiger partial charge in [-0.3, -0.25) is 0 Å². The highest BCUT2D eigenvalue weighted by Gasteiger charge is 2.49. The van der Waals surface area contributed by atoms with Crippen molar-refractivity contribution in [3.8, 4) is 44.5 Å². The van der Waals surface area contributed by atoms with Gasteiger partial charge in [0.2, 0.25) is 0 Å². The topological polar surface area (TPSA) is 3.24 Å². The lowest BCUT2D eigenvalue weighted by Gasteiger charge is -2.55. The van der Waals surface area contributed by atoms with E-state index in [1.165, 1.54) is 117 Å². The van der Waals surface area contributed by atoms with Crippen molar-refractivity contribution in [1.29, 1.82) is 0 Å². The number of benzene rings is 8. The minimum atomic E-state index is -0.0956. The molecule has 3 fully saturated rings. The molecule has 0 aromatic heterocycles. The first-order valence-electron chi connectivity index (χ1n) is 22.9. The fraction of sp³-hybridized carbons (Fsp3) is 0.233. The summed E-state index contributed by atoms with van der Waals surface area (Å²) in [4.78, 5) is 2.47. The molecule has 0 spiro atoms. The molecule has 298 valence electrons. The van der Waals surface area contributed by atoms with Gasteiger partial charge in [-0.25, -0.2) is 0 Å². The summed E-state index contributed by atoms with van der Waals surface area (Å²) < 4.78 is 0. The van der Waals surface area contributed by atoms with E-state index in [2.05, 4.69) is 201 Å². The molecule has 3 saturated carbocycles. The Morgan fingerprint density at radius 1 is 0.443 bits per heavy atom.